The molecule has 0 saturated carbocycles. The number of rotatable bonds is 19. The number of hydrogen-bond donors (Lipinski definition) is 1. The Morgan fingerprint density at radius 1 is 0.886 bits per heavy atom. The van der Waals surface area contributed by atoms with E-state index in [9.17, 15) is 14.0 Å². The smallest absolute Gasteiger partial charge is 0.337 e. The number of benzene rings is 2. The van der Waals surface area contributed by atoms with Gasteiger partial charge in [-0.2, -0.15) is 5.10 Å². The van der Waals surface area contributed by atoms with Crippen LogP contribution in [0.4, 0.5) is 4.39 Å². The topological polar surface area (TPSA) is 118 Å². The van der Waals surface area contributed by atoms with Gasteiger partial charge in [0.15, 0.2) is 17.3 Å². The van der Waals surface area contributed by atoms with E-state index in [1.54, 1.807) is 12.1 Å². The number of H-pyrrole nitrogens is 1. The molecule has 13 heteroatoms. The van der Waals surface area contributed by atoms with Crippen LogP contribution in [0.3, 0.4) is 0 Å². The first-order valence-corrected chi connectivity index (χ1v) is 14.9. The number of esters is 2. The fourth-order valence-electron chi connectivity index (χ4n) is 4.21. The highest BCUT2D eigenvalue weighted by atomic mass is 35.5. The van der Waals surface area contributed by atoms with Crippen LogP contribution < -0.4 is 9.47 Å². The maximum Gasteiger partial charge on any atom is 0.337 e. The van der Waals surface area contributed by atoms with Crippen molar-refractivity contribution in [3.63, 3.8) is 0 Å². The lowest BCUT2D eigenvalue weighted by atomic mass is 10.1. The lowest BCUT2D eigenvalue weighted by Gasteiger charge is -2.12. The SMILES string of the molecule is COC(=O)CCc1cc(Cl)c(OCCCOCCOCc2n[nH]c(C)c2CCCOc2cc(C(=O)OC)ccc2F)c(Cl)c1. The molecule has 0 amide bonds. The zero-order valence-corrected chi connectivity index (χ0v) is 26.5. The van der Waals surface area contributed by atoms with Gasteiger partial charge in [0.05, 0.1) is 68.6 Å². The first-order chi connectivity index (χ1) is 21.2. The third kappa shape index (κ3) is 11.0. The van der Waals surface area contributed by atoms with Crippen molar-refractivity contribution in [2.45, 2.75) is 45.6 Å². The maximum absolute atomic E-state index is 14.1. The lowest BCUT2D eigenvalue weighted by Crippen LogP contribution is -2.09. The summed E-state index contributed by atoms with van der Waals surface area (Å²) in [6.07, 6.45) is 2.59. The van der Waals surface area contributed by atoms with Gasteiger partial charge in [0.25, 0.3) is 0 Å². The molecule has 0 atom stereocenters. The van der Waals surface area contributed by atoms with Crippen LogP contribution >= 0.6 is 23.2 Å². The third-order valence-electron chi connectivity index (χ3n) is 6.53. The monoisotopic (exact) mass is 654 g/mol. The molecule has 0 spiro atoms. The summed E-state index contributed by atoms with van der Waals surface area (Å²) in [5, 5.41) is 8.08. The van der Waals surface area contributed by atoms with Crippen molar-refractivity contribution in [3.8, 4) is 11.5 Å². The van der Waals surface area contributed by atoms with Gasteiger partial charge in [0.2, 0.25) is 0 Å². The van der Waals surface area contributed by atoms with Crippen LogP contribution in [0.5, 0.6) is 11.5 Å². The number of carbonyl (C=O) groups excluding carboxylic acids is 2. The molecule has 0 bridgehead atoms. The minimum atomic E-state index is -0.558. The second kappa shape index (κ2) is 18.4. The van der Waals surface area contributed by atoms with E-state index in [1.165, 1.54) is 32.4 Å². The molecule has 3 rings (SSSR count). The third-order valence-corrected chi connectivity index (χ3v) is 7.10. The molecule has 44 heavy (non-hydrogen) atoms. The Hall–Kier alpha value is -3.38. The van der Waals surface area contributed by atoms with Gasteiger partial charge in [-0.05, 0) is 67.6 Å². The lowest BCUT2D eigenvalue weighted by molar-refractivity contribution is -0.140. The zero-order valence-electron chi connectivity index (χ0n) is 25.0. The Bertz CT molecular complexity index is 1360. The minimum Gasteiger partial charge on any atom is -0.490 e. The molecular weight excluding hydrogens is 618 g/mol. The summed E-state index contributed by atoms with van der Waals surface area (Å²) in [6, 6.07) is 7.32. The Kier molecular flexibility index (Phi) is 14.7. The van der Waals surface area contributed by atoms with Gasteiger partial charge in [-0.15, -0.1) is 0 Å². The molecular formula is C31H37Cl2FN2O8. The molecule has 1 aromatic heterocycles. The molecule has 0 aliphatic heterocycles. The summed E-state index contributed by atoms with van der Waals surface area (Å²) in [5.41, 5.74) is 3.78. The van der Waals surface area contributed by atoms with Crippen LogP contribution in [0.15, 0.2) is 30.3 Å². The van der Waals surface area contributed by atoms with Gasteiger partial charge >= 0.3 is 11.9 Å². The van der Waals surface area contributed by atoms with E-state index in [0.29, 0.717) is 74.5 Å². The molecule has 10 nitrogen and oxygen atoms in total. The number of halogens is 3. The average molecular weight is 656 g/mol. The predicted octanol–water partition coefficient (Wildman–Crippen LogP) is 6.07. The highest BCUT2D eigenvalue weighted by Crippen LogP contribution is 2.34. The summed E-state index contributed by atoms with van der Waals surface area (Å²) in [6.45, 7) is 4.11. The average Bonchev–Trinajstić information content (AvgIpc) is 3.37. The van der Waals surface area contributed by atoms with Crippen LogP contribution in [-0.2, 0) is 43.2 Å². The normalized spacial score (nSPS) is 11.0. The van der Waals surface area contributed by atoms with Gasteiger partial charge in [-0.25, -0.2) is 9.18 Å². The largest absolute Gasteiger partial charge is 0.490 e. The second-order valence-electron chi connectivity index (χ2n) is 9.69. The number of nitrogens with zero attached hydrogens (tertiary/aromatic N) is 1. The minimum absolute atomic E-state index is 0.00210. The number of ether oxygens (including phenoxy) is 6. The van der Waals surface area contributed by atoms with E-state index >= 15 is 0 Å². The molecule has 0 unspecified atom stereocenters. The van der Waals surface area contributed by atoms with E-state index in [-0.39, 0.29) is 30.3 Å². The van der Waals surface area contributed by atoms with Crippen LogP contribution in [-0.4, -0.2) is 69.4 Å². The van der Waals surface area contributed by atoms with E-state index in [4.69, 9.17) is 42.1 Å². The second-order valence-corrected chi connectivity index (χ2v) is 10.5. The molecule has 2 aromatic carbocycles. The van der Waals surface area contributed by atoms with E-state index in [2.05, 4.69) is 19.7 Å². The van der Waals surface area contributed by atoms with Crippen molar-refractivity contribution in [1.82, 2.24) is 10.2 Å². The molecule has 0 aliphatic carbocycles. The molecule has 0 aliphatic rings. The van der Waals surface area contributed by atoms with Crippen molar-refractivity contribution in [2.75, 3.05) is 47.3 Å². The van der Waals surface area contributed by atoms with Gasteiger partial charge in [-0.3, -0.25) is 9.89 Å². The number of aromatic amines is 1. The van der Waals surface area contributed by atoms with Crippen LogP contribution in [0.25, 0.3) is 0 Å². The molecule has 1 heterocycles. The van der Waals surface area contributed by atoms with Crippen LogP contribution in [0.1, 0.15) is 52.1 Å². The van der Waals surface area contributed by atoms with E-state index in [0.717, 1.165) is 22.5 Å². The van der Waals surface area contributed by atoms with Crippen molar-refractivity contribution >= 4 is 35.1 Å². The summed E-state index contributed by atoms with van der Waals surface area (Å²) in [4.78, 5) is 23.0. The molecule has 3 aromatic rings. The number of methoxy groups -OCH3 is 2. The highest BCUT2D eigenvalue weighted by molar-refractivity contribution is 6.37. The van der Waals surface area contributed by atoms with E-state index < -0.39 is 11.8 Å². The van der Waals surface area contributed by atoms with Crippen LogP contribution in [0.2, 0.25) is 10.0 Å². The first kappa shape index (κ1) is 35.1. The fraction of sp³-hybridized carbons (Fsp3) is 0.452. The highest BCUT2D eigenvalue weighted by Gasteiger charge is 2.14. The van der Waals surface area contributed by atoms with Crippen molar-refractivity contribution in [2.24, 2.45) is 0 Å². The summed E-state index contributed by atoms with van der Waals surface area (Å²) in [7, 11) is 2.61. The molecule has 1 N–H and O–H groups in total. The predicted molar refractivity (Wildman–Crippen MR) is 162 cm³/mol. The van der Waals surface area contributed by atoms with Gasteiger partial charge < -0.3 is 28.4 Å². The molecule has 240 valence electrons. The molecule has 0 saturated heterocycles. The zero-order chi connectivity index (χ0) is 31.9. The van der Waals surface area contributed by atoms with E-state index in [1.807, 2.05) is 6.92 Å². The first-order valence-electron chi connectivity index (χ1n) is 14.1. The number of nitrogens with one attached hydrogen (secondary N) is 1. The Morgan fingerprint density at radius 3 is 2.34 bits per heavy atom. The summed E-state index contributed by atoms with van der Waals surface area (Å²) in [5.74, 6) is -1.01. The number of hydrogen-bond acceptors (Lipinski definition) is 9. The number of aryl methyl sites for hydroxylation is 2. The quantitative estimate of drug-likeness (QED) is 0.121. The Morgan fingerprint density at radius 2 is 1.61 bits per heavy atom. The molecule has 0 fully saturated rings. The summed E-state index contributed by atoms with van der Waals surface area (Å²) >= 11 is 12.6. The van der Waals surface area contributed by atoms with Crippen LogP contribution in [0, 0.1) is 12.7 Å². The van der Waals surface area contributed by atoms with Gasteiger partial charge in [-0.1, -0.05) is 23.2 Å². The van der Waals surface area contributed by atoms with Crippen molar-refractivity contribution < 1.29 is 42.4 Å². The van der Waals surface area contributed by atoms with Crippen molar-refractivity contribution in [1.29, 1.82) is 0 Å². The number of carbonyl (C=O) groups is 2. The Balaban J connectivity index is 1.30. The fourth-order valence-corrected chi connectivity index (χ4v) is 4.85. The summed E-state index contributed by atoms with van der Waals surface area (Å²) < 4.78 is 46.1. The standard InChI is InChI=1S/C31H37Cl2FN2O8/c1-20-23(6-4-12-43-28-18-22(31(38)40-3)8-9-26(28)34)27(36-35-20)19-42-15-14-41-11-5-13-44-30-24(32)16-21(17-25(30)33)7-10-29(37)39-2/h8-9,16-18H,4-7,10-15,19H2,1-3H3,(H,35,36). The van der Waals surface area contributed by atoms with Gasteiger partial charge in [0, 0.05) is 25.1 Å². The number of aromatic nitrogens is 2. The van der Waals surface area contributed by atoms with Crippen molar-refractivity contribution in [3.05, 3.63) is 74.3 Å². The molecule has 0 radical (unpaired) electrons. The Labute approximate surface area is 266 Å². The maximum atomic E-state index is 14.1. The van der Waals surface area contributed by atoms with Gasteiger partial charge in [0.1, 0.15) is 0 Å².